The van der Waals surface area contributed by atoms with E-state index >= 15 is 0 Å². The molecule has 3 aromatic carbocycles. The quantitative estimate of drug-likeness (QED) is 0.187. The van der Waals surface area contributed by atoms with Gasteiger partial charge in [-0.3, -0.25) is 4.68 Å². The maximum Gasteiger partial charge on any atom is 0.147 e. The number of ether oxygens (including phenoxy) is 1. The molecule has 5 nitrogen and oxygen atoms in total. The summed E-state index contributed by atoms with van der Waals surface area (Å²) in [6, 6.07) is 15.1. The van der Waals surface area contributed by atoms with E-state index in [9.17, 15) is 0 Å². The van der Waals surface area contributed by atoms with Crippen LogP contribution in [0.1, 0.15) is 67.5 Å². The van der Waals surface area contributed by atoms with Crippen LogP contribution in [0.4, 0.5) is 0 Å². The van der Waals surface area contributed by atoms with Gasteiger partial charge in [-0.05, 0) is 82.5 Å². The molecule has 1 aliphatic carbocycles. The van der Waals surface area contributed by atoms with Crippen molar-refractivity contribution in [2.75, 3.05) is 0 Å². The Balaban J connectivity index is 1.26. The maximum atomic E-state index is 6.67. The summed E-state index contributed by atoms with van der Waals surface area (Å²) >= 11 is 19.6. The van der Waals surface area contributed by atoms with Crippen molar-refractivity contribution in [3.8, 4) is 28.8 Å². The first-order chi connectivity index (χ1) is 19.6. The summed E-state index contributed by atoms with van der Waals surface area (Å²) in [6.07, 6.45) is 4.00. The fraction of sp³-hybridized carbons (Fsp3) is 0.273. The van der Waals surface area contributed by atoms with Gasteiger partial charge < -0.3 is 9.26 Å². The van der Waals surface area contributed by atoms with Crippen LogP contribution in [0.15, 0.2) is 59.3 Å². The lowest BCUT2D eigenvalue weighted by Crippen LogP contribution is -2.22. The van der Waals surface area contributed by atoms with Crippen molar-refractivity contribution in [1.82, 2.24) is 14.9 Å². The number of aromatic nitrogens is 3. The fourth-order valence-corrected chi connectivity index (χ4v) is 5.72. The Morgan fingerprint density at radius 3 is 2.39 bits per heavy atom. The van der Waals surface area contributed by atoms with Gasteiger partial charge in [-0.2, -0.15) is 5.10 Å². The zero-order chi connectivity index (χ0) is 28.9. The Kier molecular flexibility index (Phi) is 7.28. The van der Waals surface area contributed by atoms with Gasteiger partial charge in [-0.25, -0.2) is 0 Å². The van der Waals surface area contributed by atoms with Crippen LogP contribution in [0.3, 0.4) is 0 Å². The summed E-state index contributed by atoms with van der Waals surface area (Å²) < 4.78 is 14.0. The highest BCUT2D eigenvalue weighted by Crippen LogP contribution is 2.46. The Labute approximate surface area is 254 Å². The van der Waals surface area contributed by atoms with Gasteiger partial charge in [-0.1, -0.05) is 57.9 Å². The lowest BCUT2D eigenvalue weighted by atomic mass is 10.0. The summed E-state index contributed by atoms with van der Waals surface area (Å²) in [5.74, 6) is 8.33. The van der Waals surface area contributed by atoms with Crippen LogP contribution >= 0.6 is 34.8 Å². The molecule has 0 bridgehead atoms. The highest BCUT2D eigenvalue weighted by atomic mass is 35.5. The highest BCUT2D eigenvalue weighted by molar-refractivity contribution is 6.39. The molecule has 8 heteroatoms. The highest BCUT2D eigenvalue weighted by Gasteiger charge is 2.33. The second-order valence-electron chi connectivity index (χ2n) is 11.4. The minimum absolute atomic E-state index is 0.133. The molecule has 1 aliphatic rings. The van der Waals surface area contributed by atoms with Crippen molar-refractivity contribution in [2.45, 2.75) is 58.6 Å². The second-order valence-corrected chi connectivity index (χ2v) is 12.6. The number of fused-ring (bicyclic) bond motifs is 1. The molecule has 0 N–H and O–H groups in total. The van der Waals surface area contributed by atoms with E-state index in [1.54, 1.807) is 24.3 Å². The third kappa shape index (κ3) is 5.57. The first-order valence-corrected chi connectivity index (χ1v) is 14.6. The van der Waals surface area contributed by atoms with Crippen molar-refractivity contribution in [3.63, 3.8) is 0 Å². The van der Waals surface area contributed by atoms with Gasteiger partial charge in [0.1, 0.15) is 23.8 Å². The van der Waals surface area contributed by atoms with Crippen LogP contribution in [0.25, 0.3) is 22.2 Å². The number of benzene rings is 3. The summed E-state index contributed by atoms with van der Waals surface area (Å²) in [5.41, 5.74) is 5.78. The van der Waals surface area contributed by atoms with E-state index in [1.165, 1.54) is 0 Å². The van der Waals surface area contributed by atoms with Crippen LogP contribution in [0.5, 0.6) is 5.75 Å². The topological polar surface area (TPSA) is 53.1 Å². The van der Waals surface area contributed by atoms with Gasteiger partial charge >= 0.3 is 0 Å². The van der Waals surface area contributed by atoms with Crippen LogP contribution in [0, 0.1) is 18.8 Å². The van der Waals surface area contributed by atoms with E-state index in [0.717, 1.165) is 46.2 Å². The number of halogens is 3. The predicted octanol–water partition coefficient (Wildman–Crippen LogP) is 9.57. The molecule has 0 unspecified atom stereocenters. The normalized spacial score (nSPS) is 13.3. The zero-order valence-corrected chi connectivity index (χ0v) is 25.5. The molecule has 2 aromatic heterocycles. The molecule has 41 heavy (non-hydrogen) atoms. The van der Waals surface area contributed by atoms with E-state index in [1.807, 2.05) is 23.0 Å². The Morgan fingerprint density at radius 1 is 0.976 bits per heavy atom. The Morgan fingerprint density at radius 2 is 1.71 bits per heavy atom. The molecule has 208 valence electrons. The van der Waals surface area contributed by atoms with Crippen LogP contribution < -0.4 is 4.74 Å². The average Bonchev–Trinajstić information content (AvgIpc) is 3.52. The third-order valence-corrected chi connectivity index (χ3v) is 8.03. The number of rotatable bonds is 5. The Hall–Kier alpha value is -3.43. The molecule has 0 saturated heterocycles. The van der Waals surface area contributed by atoms with E-state index in [4.69, 9.17) is 44.1 Å². The SMILES string of the molecule is Cc1cc(C#Cc2ccc(OCc3c(-c4c(Cl)cccc4Cl)noc3C3CC3)cc2Cl)c2cnn(C(C)(C)C)c2c1. The predicted molar refractivity (Wildman–Crippen MR) is 165 cm³/mol. The fourth-order valence-electron chi connectivity index (χ4n) is 4.93. The average molecular weight is 605 g/mol. The Bertz CT molecular complexity index is 1830. The molecule has 6 rings (SSSR count). The molecule has 0 amide bonds. The monoisotopic (exact) mass is 603 g/mol. The van der Waals surface area contributed by atoms with Crippen LogP contribution in [0.2, 0.25) is 15.1 Å². The van der Waals surface area contributed by atoms with Gasteiger partial charge in [0.15, 0.2) is 0 Å². The van der Waals surface area contributed by atoms with E-state index in [2.05, 4.69) is 61.9 Å². The lowest BCUT2D eigenvalue weighted by molar-refractivity contribution is 0.300. The summed E-state index contributed by atoms with van der Waals surface area (Å²) in [6.45, 7) is 8.73. The number of hydrogen-bond donors (Lipinski definition) is 0. The number of nitrogens with zero attached hydrogens (tertiary/aromatic N) is 3. The van der Waals surface area contributed by atoms with Crippen LogP contribution in [-0.4, -0.2) is 14.9 Å². The van der Waals surface area contributed by atoms with Crippen molar-refractivity contribution >= 4 is 45.7 Å². The molecule has 0 aliphatic heterocycles. The first kappa shape index (κ1) is 27.7. The molecular formula is C33H28Cl3N3O2. The summed E-state index contributed by atoms with van der Waals surface area (Å²) in [4.78, 5) is 0. The molecule has 0 spiro atoms. The first-order valence-electron chi connectivity index (χ1n) is 13.5. The third-order valence-electron chi connectivity index (χ3n) is 7.09. The van der Waals surface area contributed by atoms with Crippen molar-refractivity contribution in [2.24, 2.45) is 0 Å². The van der Waals surface area contributed by atoms with Crippen LogP contribution in [-0.2, 0) is 12.1 Å². The molecule has 1 fully saturated rings. The number of hydrogen-bond acceptors (Lipinski definition) is 4. The molecular weight excluding hydrogens is 577 g/mol. The van der Waals surface area contributed by atoms with Gasteiger partial charge in [0, 0.05) is 34.1 Å². The second kappa shape index (κ2) is 10.8. The van der Waals surface area contributed by atoms with E-state index in [-0.39, 0.29) is 12.1 Å². The van der Waals surface area contributed by atoms with Gasteiger partial charge in [-0.15, -0.1) is 0 Å². The van der Waals surface area contributed by atoms with E-state index in [0.29, 0.717) is 43.6 Å². The standard InChI is InChI=1S/C33H28Cl3N3O2/c1-19-14-22(24-17-37-39(29(24)15-19)33(2,3)4)11-8-20-12-13-23(16-28(20)36)40-18-25-31(38-41-32(25)21-9-10-21)30-26(34)6-5-7-27(30)35/h5-7,12-17,21H,9-10,18H2,1-4H3. The zero-order valence-electron chi connectivity index (χ0n) is 23.2. The lowest BCUT2D eigenvalue weighted by Gasteiger charge is -2.20. The molecule has 5 aromatic rings. The molecule has 0 atom stereocenters. The summed E-state index contributed by atoms with van der Waals surface area (Å²) in [5, 5.41) is 11.5. The molecule has 2 heterocycles. The van der Waals surface area contributed by atoms with E-state index < -0.39 is 0 Å². The van der Waals surface area contributed by atoms with Crippen molar-refractivity contribution in [3.05, 3.63) is 97.8 Å². The smallest absolute Gasteiger partial charge is 0.147 e. The van der Waals surface area contributed by atoms with Crippen molar-refractivity contribution < 1.29 is 9.26 Å². The molecule has 1 saturated carbocycles. The molecule has 0 radical (unpaired) electrons. The largest absolute Gasteiger partial charge is 0.489 e. The maximum absolute atomic E-state index is 6.67. The van der Waals surface area contributed by atoms with Gasteiger partial charge in [0.25, 0.3) is 0 Å². The number of aryl methyl sites for hydroxylation is 1. The van der Waals surface area contributed by atoms with Gasteiger partial charge in [0.05, 0.1) is 37.9 Å². The minimum Gasteiger partial charge on any atom is -0.489 e. The van der Waals surface area contributed by atoms with Crippen molar-refractivity contribution in [1.29, 1.82) is 0 Å². The minimum atomic E-state index is -0.133. The summed E-state index contributed by atoms with van der Waals surface area (Å²) in [7, 11) is 0. The van der Waals surface area contributed by atoms with Gasteiger partial charge in [0.2, 0.25) is 0 Å².